The van der Waals surface area contributed by atoms with Gasteiger partial charge < -0.3 is 19.3 Å². The minimum absolute atomic E-state index is 0.0159. The Morgan fingerprint density at radius 3 is 2.47 bits per heavy atom. The fourth-order valence-corrected chi connectivity index (χ4v) is 5.26. The molecule has 4 aromatic rings. The van der Waals surface area contributed by atoms with Crippen molar-refractivity contribution in [3.63, 3.8) is 0 Å². The molecule has 1 aliphatic rings. The summed E-state index contributed by atoms with van der Waals surface area (Å²) in [6.07, 6.45) is 4.47. The molecule has 36 heavy (non-hydrogen) atoms. The maximum absolute atomic E-state index is 12.9. The number of benzene rings is 2. The fraction of sp³-hybridized carbons (Fsp3) is 0.345. The molecule has 1 aliphatic carbocycles. The smallest absolute Gasteiger partial charge is 0.339 e. The van der Waals surface area contributed by atoms with Crippen molar-refractivity contribution >= 4 is 33.8 Å². The minimum atomic E-state index is -1.10. The highest BCUT2D eigenvalue weighted by Crippen LogP contribution is 2.38. The Bertz CT molecular complexity index is 1530. The van der Waals surface area contributed by atoms with Crippen molar-refractivity contribution in [2.45, 2.75) is 64.8 Å². The van der Waals surface area contributed by atoms with Crippen LogP contribution in [-0.4, -0.2) is 23.0 Å². The molecule has 0 saturated carbocycles. The largest absolute Gasteiger partial charge is 0.480 e. The first-order valence-electron chi connectivity index (χ1n) is 12.4. The molecule has 5 rings (SSSR count). The van der Waals surface area contributed by atoms with E-state index in [1.165, 1.54) is 5.56 Å². The summed E-state index contributed by atoms with van der Waals surface area (Å²) >= 11 is 0. The maximum Gasteiger partial charge on any atom is 0.339 e. The zero-order chi connectivity index (χ0) is 25.4. The number of hydrogen-bond acceptors (Lipinski definition) is 5. The number of hydrogen-bond donors (Lipinski definition) is 2. The second-order valence-corrected chi connectivity index (χ2v) is 9.61. The Morgan fingerprint density at radius 2 is 1.72 bits per heavy atom. The van der Waals surface area contributed by atoms with Crippen LogP contribution in [0.2, 0.25) is 0 Å². The Hall–Kier alpha value is -3.87. The number of aryl methyl sites for hydroxylation is 4. The van der Waals surface area contributed by atoms with Crippen LogP contribution >= 0.6 is 0 Å². The SMILES string of the molecule is Cc1c(CCC(=O)NC(Cc2ccccc2)C(=O)O)c(=O)oc2c(C)c3oc4c(c3cc12)CCCC4. The van der Waals surface area contributed by atoms with E-state index in [1.807, 2.05) is 50.2 Å². The Kier molecular flexibility index (Phi) is 6.39. The van der Waals surface area contributed by atoms with E-state index in [0.717, 1.165) is 64.5 Å². The Balaban J connectivity index is 1.39. The summed E-state index contributed by atoms with van der Waals surface area (Å²) in [5.41, 5.74) is 4.90. The van der Waals surface area contributed by atoms with Crippen LogP contribution in [0.25, 0.3) is 21.9 Å². The first-order chi connectivity index (χ1) is 17.3. The summed E-state index contributed by atoms with van der Waals surface area (Å²) in [7, 11) is 0. The number of carboxylic acid groups (broad SMARTS) is 1. The molecule has 2 N–H and O–H groups in total. The summed E-state index contributed by atoms with van der Waals surface area (Å²) in [4.78, 5) is 37.2. The zero-order valence-corrected chi connectivity index (χ0v) is 20.5. The zero-order valence-electron chi connectivity index (χ0n) is 20.5. The van der Waals surface area contributed by atoms with E-state index in [4.69, 9.17) is 8.83 Å². The van der Waals surface area contributed by atoms with Gasteiger partial charge in [-0.25, -0.2) is 9.59 Å². The van der Waals surface area contributed by atoms with Crippen LogP contribution in [0.5, 0.6) is 0 Å². The van der Waals surface area contributed by atoms with Gasteiger partial charge in [0, 0.05) is 46.7 Å². The third kappa shape index (κ3) is 4.41. The van der Waals surface area contributed by atoms with Crippen molar-refractivity contribution in [3.8, 4) is 0 Å². The number of carboxylic acids is 1. The van der Waals surface area contributed by atoms with Gasteiger partial charge in [-0.3, -0.25) is 4.79 Å². The molecule has 0 spiro atoms. The summed E-state index contributed by atoms with van der Waals surface area (Å²) < 4.78 is 11.9. The van der Waals surface area contributed by atoms with E-state index >= 15 is 0 Å². The number of carbonyl (C=O) groups excluding carboxylic acids is 1. The average Bonchev–Trinajstić information content (AvgIpc) is 3.24. The molecule has 0 bridgehead atoms. The topological polar surface area (TPSA) is 110 Å². The van der Waals surface area contributed by atoms with Gasteiger partial charge in [0.15, 0.2) is 0 Å². The van der Waals surface area contributed by atoms with E-state index in [-0.39, 0.29) is 19.3 Å². The molecule has 0 saturated heterocycles. The molecule has 0 aliphatic heterocycles. The number of furan rings is 1. The van der Waals surface area contributed by atoms with Crippen molar-refractivity contribution in [2.75, 3.05) is 0 Å². The van der Waals surface area contributed by atoms with Gasteiger partial charge in [-0.05, 0) is 56.7 Å². The Labute approximate surface area is 208 Å². The summed E-state index contributed by atoms with van der Waals surface area (Å²) in [5.74, 6) is -0.501. The van der Waals surface area contributed by atoms with Crippen molar-refractivity contribution in [2.24, 2.45) is 0 Å². The number of nitrogens with one attached hydrogen (secondary N) is 1. The third-order valence-electron chi connectivity index (χ3n) is 7.24. The molecule has 1 unspecified atom stereocenters. The molecule has 1 atom stereocenters. The molecule has 7 nitrogen and oxygen atoms in total. The summed E-state index contributed by atoms with van der Waals surface area (Å²) in [5, 5.41) is 14.1. The van der Waals surface area contributed by atoms with Gasteiger partial charge in [-0.1, -0.05) is 30.3 Å². The first-order valence-corrected chi connectivity index (χ1v) is 12.4. The summed E-state index contributed by atoms with van der Waals surface area (Å²) in [6.45, 7) is 3.79. The first kappa shape index (κ1) is 23.9. The highest BCUT2D eigenvalue weighted by Gasteiger charge is 2.24. The van der Waals surface area contributed by atoms with Crippen LogP contribution < -0.4 is 10.9 Å². The van der Waals surface area contributed by atoms with Crippen molar-refractivity contribution in [1.29, 1.82) is 0 Å². The van der Waals surface area contributed by atoms with Crippen LogP contribution in [0.4, 0.5) is 0 Å². The van der Waals surface area contributed by atoms with E-state index in [0.29, 0.717) is 11.1 Å². The number of rotatable bonds is 7. The van der Waals surface area contributed by atoms with Crippen molar-refractivity contribution in [3.05, 3.63) is 80.4 Å². The van der Waals surface area contributed by atoms with Crippen LogP contribution in [0, 0.1) is 13.8 Å². The third-order valence-corrected chi connectivity index (χ3v) is 7.24. The lowest BCUT2D eigenvalue weighted by atomic mass is 9.93. The van der Waals surface area contributed by atoms with E-state index in [2.05, 4.69) is 5.32 Å². The maximum atomic E-state index is 12.9. The lowest BCUT2D eigenvalue weighted by molar-refractivity contribution is -0.141. The molecular formula is C29H29NO6. The second-order valence-electron chi connectivity index (χ2n) is 9.61. The monoisotopic (exact) mass is 487 g/mol. The summed E-state index contributed by atoms with van der Waals surface area (Å²) in [6, 6.07) is 10.1. The van der Waals surface area contributed by atoms with Gasteiger partial charge in [0.1, 0.15) is 23.0 Å². The molecule has 186 valence electrons. The van der Waals surface area contributed by atoms with E-state index in [1.54, 1.807) is 0 Å². The number of carbonyl (C=O) groups is 2. The quantitative estimate of drug-likeness (QED) is 0.363. The van der Waals surface area contributed by atoms with Crippen LogP contribution in [0.15, 0.2) is 50.0 Å². The second kappa shape index (κ2) is 9.64. The van der Waals surface area contributed by atoms with E-state index in [9.17, 15) is 19.5 Å². The highest BCUT2D eigenvalue weighted by molar-refractivity contribution is 6.00. The van der Waals surface area contributed by atoms with Gasteiger partial charge in [-0.15, -0.1) is 0 Å². The number of aliphatic carboxylic acids is 1. The normalized spacial score (nSPS) is 14.1. The molecule has 2 heterocycles. The Morgan fingerprint density at radius 1 is 1.00 bits per heavy atom. The molecule has 2 aromatic heterocycles. The lowest BCUT2D eigenvalue weighted by Gasteiger charge is -2.15. The van der Waals surface area contributed by atoms with Gasteiger partial charge in [0.25, 0.3) is 0 Å². The number of fused-ring (bicyclic) bond motifs is 4. The molecular weight excluding hydrogens is 458 g/mol. The van der Waals surface area contributed by atoms with E-state index < -0.39 is 23.5 Å². The van der Waals surface area contributed by atoms with Crippen molar-refractivity contribution < 1.29 is 23.5 Å². The number of amides is 1. The van der Waals surface area contributed by atoms with Gasteiger partial charge in [0.05, 0.1) is 0 Å². The lowest BCUT2D eigenvalue weighted by Crippen LogP contribution is -2.42. The van der Waals surface area contributed by atoms with Gasteiger partial charge in [-0.2, -0.15) is 0 Å². The molecule has 2 aromatic carbocycles. The van der Waals surface area contributed by atoms with Crippen molar-refractivity contribution in [1.82, 2.24) is 5.32 Å². The average molecular weight is 488 g/mol. The standard InChI is InChI=1S/C29H29NO6/c1-16-19(12-13-25(31)30-23(28(32)33)14-18-8-4-3-5-9-18)29(34)36-26-17(2)27-22(15-21(16)26)20-10-6-7-11-24(20)35-27/h3-5,8-9,15,23H,6-7,10-14H2,1-2H3,(H,30,31)(H,32,33). The fourth-order valence-electron chi connectivity index (χ4n) is 5.26. The highest BCUT2D eigenvalue weighted by atomic mass is 16.4. The molecule has 1 amide bonds. The predicted octanol–water partition coefficient (Wildman–Crippen LogP) is 4.78. The molecule has 0 fully saturated rings. The predicted molar refractivity (Wildman–Crippen MR) is 136 cm³/mol. The van der Waals surface area contributed by atoms with Crippen LogP contribution in [0.1, 0.15) is 52.8 Å². The molecule has 7 heteroatoms. The van der Waals surface area contributed by atoms with Crippen LogP contribution in [-0.2, 0) is 35.3 Å². The van der Waals surface area contributed by atoms with Gasteiger partial charge >= 0.3 is 11.6 Å². The molecule has 0 radical (unpaired) electrons. The van der Waals surface area contributed by atoms with Crippen LogP contribution in [0.3, 0.4) is 0 Å². The minimum Gasteiger partial charge on any atom is -0.480 e. The van der Waals surface area contributed by atoms with Gasteiger partial charge in [0.2, 0.25) is 5.91 Å².